The summed E-state index contributed by atoms with van der Waals surface area (Å²) < 4.78 is 5.00. The Kier molecular flexibility index (Phi) is 5.07. The molecule has 2 aliphatic rings. The molecule has 3 amide bonds. The number of benzene rings is 1. The van der Waals surface area contributed by atoms with Gasteiger partial charge in [-0.15, -0.1) is 0 Å². The number of aromatic nitrogens is 2. The van der Waals surface area contributed by atoms with Crippen LogP contribution in [0.25, 0.3) is 0 Å². The van der Waals surface area contributed by atoms with Crippen LogP contribution in [-0.2, 0) is 15.1 Å². The molecule has 0 bridgehead atoms. The fourth-order valence-corrected chi connectivity index (χ4v) is 4.46. The molecular formula is C22H27N5O4. The highest BCUT2D eigenvalue weighted by molar-refractivity contribution is 6.10. The Morgan fingerprint density at radius 1 is 1.29 bits per heavy atom. The number of fused-ring (bicyclic) bond motifs is 3. The van der Waals surface area contributed by atoms with Crippen LogP contribution in [0, 0.1) is 6.92 Å². The van der Waals surface area contributed by atoms with E-state index in [4.69, 9.17) is 4.52 Å². The molecular weight excluding hydrogens is 398 g/mol. The van der Waals surface area contributed by atoms with Crippen molar-refractivity contribution in [3.05, 3.63) is 41.5 Å². The molecule has 0 radical (unpaired) electrons. The molecule has 31 heavy (non-hydrogen) atoms. The third-order valence-corrected chi connectivity index (χ3v) is 6.07. The van der Waals surface area contributed by atoms with E-state index >= 15 is 0 Å². The second-order valence-electron chi connectivity index (χ2n) is 8.83. The first kappa shape index (κ1) is 21.0. The zero-order valence-corrected chi connectivity index (χ0v) is 18.3. The van der Waals surface area contributed by atoms with Gasteiger partial charge in [0.05, 0.1) is 16.8 Å². The molecule has 1 aromatic carbocycles. The number of nitrogens with one attached hydrogen (secondary N) is 1. The fourth-order valence-electron chi connectivity index (χ4n) is 4.46. The predicted octanol–water partition coefficient (Wildman–Crippen LogP) is 2.51. The van der Waals surface area contributed by atoms with Gasteiger partial charge in [-0.1, -0.05) is 17.3 Å². The average Bonchev–Trinajstić information content (AvgIpc) is 3.28. The number of hydrogen-bond acceptors (Lipinski definition) is 6. The average molecular weight is 425 g/mol. The second-order valence-corrected chi connectivity index (χ2v) is 8.83. The van der Waals surface area contributed by atoms with Crippen LogP contribution in [0.1, 0.15) is 68.5 Å². The molecule has 1 aromatic heterocycles. The highest BCUT2D eigenvalue weighted by atomic mass is 16.5. The van der Waals surface area contributed by atoms with Crippen molar-refractivity contribution < 1.29 is 18.9 Å². The highest BCUT2D eigenvalue weighted by Crippen LogP contribution is 2.44. The van der Waals surface area contributed by atoms with Crippen LogP contribution in [0.4, 0.5) is 5.69 Å². The van der Waals surface area contributed by atoms with Crippen molar-refractivity contribution in [1.29, 1.82) is 0 Å². The van der Waals surface area contributed by atoms with E-state index in [-0.39, 0.29) is 24.1 Å². The Morgan fingerprint density at radius 3 is 2.74 bits per heavy atom. The van der Waals surface area contributed by atoms with Gasteiger partial charge in [-0.3, -0.25) is 19.3 Å². The molecule has 1 N–H and O–H groups in total. The van der Waals surface area contributed by atoms with Gasteiger partial charge in [-0.05, 0) is 45.7 Å². The lowest BCUT2D eigenvalue weighted by molar-refractivity contribution is -0.123. The predicted molar refractivity (Wildman–Crippen MR) is 112 cm³/mol. The maximum Gasteiger partial charge on any atom is 0.257 e. The molecule has 164 valence electrons. The second kappa shape index (κ2) is 7.47. The van der Waals surface area contributed by atoms with Gasteiger partial charge in [0.25, 0.3) is 5.91 Å². The molecule has 9 heteroatoms. The first-order valence-corrected chi connectivity index (χ1v) is 10.5. The summed E-state index contributed by atoms with van der Waals surface area (Å²) in [6.45, 7) is 7.61. The van der Waals surface area contributed by atoms with Crippen molar-refractivity contribution in [2.75, 3.05) is 11.4 Å². The van der Waals surface area contributed by atoms with E-state index in [0.29, 0.717) is 48.8 Å². The van der Waals surface area contributed by atoms with Gasteiger partial charge in [0.1, 0.15) is 5.66 Å². The zero-order chi connectivity index (χ0) is 22.4. The van der Waals surface area contributed by atoms with Crippen LogP contribution < -0.4 is 10.2 Å². The van der Waals surface area contributed by atoms with Crippen LogP contribution in [0.2, 0.25) is 0 Å². The number of hydrogen-bond donors (Lipinski definition) is 1. The van der Waals surface area contributed by atoms with Gasteiger partial charge in [0.15, 0.2) is 5.82 Å². The summed E-state index contributed by atoms with van der Waals surface area (Å²) in [5, 5.41) is 6.81. The Labute approximate surface area is 180 Å². The number of amides is 3. The van der Waals surface area contributed by atoms with Crippen LogP contribution in [0.15, 0.2) is 28.8 Å². The minimum atomic E-state index is -0.768. The van der Waals surface area contributed by atoms with Crippen molar-refractivity contribution in [2.24, 2.45) is 0 Å². The summed E-state index contributed by atoms with van der Waals surface area (Å²) in [5.41, 5.74) is -0.285. The number of anilines is 1. The number of carbonyl (C=O) groups excluding carboxylic acids is 3. The maximum atomic E-state index is 13.2. The van der Waals surface area contributed by atoms with E-state index in [1.165, 1.54) is 0 Å². The van der Waals surface area contributed by atoms with E-state index in [2.05, 4.69) is 15.5 Å². The molecule has 2 aliphatic heterocycles. The van der Waals surface area contributed by atoms with Crippen LogP contribution in [-0.4, -0.2) is 45.0 Å². The third-order valence-electron chi connectivity index (χ3n) is 6.07. The van der Waals surface area contributed by atoms with Gasteiger partial charge < -0.3 is 14.7 Å². The Balaban J connectivity index is 1.44. The lowest BCUT2D eigenvalue weighted by Gasteiger charge is -2.48. The summed E-state index contributed by atoms with van der Waals surface area (Å²) in [4.78, 5) is 46.1. The summed E-state index contributed by atoms with van der Waals surface area (Å²) in [6, 6.07) is 7.21. The molecule has 0 spiro atoms. The highest BCUT2D eigenvalue weighted by Gasteiger charge is 2.52. The Morgan fingerprint density at radius 2 is 2.03 bits per heavy atom. The van der Waals surface area contributed by atoms with Gasteiger partial charge in [-0.25, -0.2) is 0 Å². The third kappa shape index (κ3) is 3.58. The Hall–Kier alpha value is -3.23. The molecule has 1 saturated heterocycles. The van der Waals surface area contributed by atoms with Gasteiger partial charge in [0, 0.05) is 26.3 Å². The van der Waals surface area contributed by atoms with E-state index in [1.807, 2.05) is 32.9 Å². The first-order valence-electron chi connectivity index (χ1n) is 10.5. The van der Waals surface area contributed by atoms with Crippen molar-refractivity contribution in [3.63, 3.8) is 0 Å². The summed E-state index contributed by atoms with van der Waals surface area (Å²) >= 11 is 0. The van der Waals surface area contributed by atoms with Gasteiger partial charge in [0.2, 0.25) is 17.7 Å². The van der Waals surface area contributed by atoms with Gasteiger partial charge in [-0.2, -0.15) is 4.98 Å². The molecule has 1 unspecified atom stereocenters. The Bertz CT molecular complexity index is 1050. The topological polar surface area (TPSA) is 109 Å². The molecule has 3 heterocycles. The van der Waals surface area contributed by atoms with Crippen LogP contribution in [0.5, 0.6) is 0 Å². The number of rotatable bonds is 6. The molecule has 9 nitrogen and oxygen atoms in total. The van der Waals surface area contributed by atoms with E-state index in [0.717, 1.165) is 0 Å². The fraction of sp³-hybridized carbons (Fsp3) is 0.500. The minimum Gasteiger partial charge on any atom is -0.344 e. The van der Waals surface area contributed by atoms with Crippen LogP contribution >= 0.6 is 0 Å². The number of nitrogens with zero attached hydrogens (tertiary/aromatic N) is 4. The molecule has 0 aliphatic carbocycles. The largest absolute Gasteiger partial charge is 0.344 e. The first-order chi connectivity index (χ1) is 14.6. The SMILES string of the molecule is Cc1nc(C(C)(C)NC(=O)CCCN2C(=O)c3ccccc3N3C(=O)CCC23C)no1. The molecule has 1 atom stereocenters. The molecule has 1 fully saturated rings. The van der Waals surface area contributed by atoms with Crippen LogP contribution in [0.3, 0.4) is 0 Å². The molecule has 0 saturated carbocycles. The van der Waals surface area contributed by atoms with E-state index in [9.17, 15) is 14.4 Å². The summed E-state index contributed by atoms with van der Waals surface area (Å²) in [7, 11) is 0. The van der Waals surface area contributed by atoms with Crippen molar-refractivity contribution >= 4 is 23.4 Å². The van der Waals surface area contributed by atoms with Crippen molar-refractivity contribution in [3.8, 4) is 0 Å². The molecule has 2 aromatic rings. The van der Waals surface area contributed by atoms with E-state index in [1.54, 1.807) is 28.9 Å². The zero-order valence-electron chi connectivity index (χ0n) is 18.3. The normalized spacial score (nSPS) is 20.6. The maximum absolute atomic E-state index is 13.2. The smallest absolute Gasteiger partial charge is 0.257 e. The standard InChI is InChI=1S/C22H27N5O4/c1-14-23-20(25-31-14)21(2,3)24-17(28)10-7-13-26-19(30)15-8-5-6-9-16(15)27-18(29)11-12-22(26,27)4/h5-6,8-9H,7,10-13H2,1-4H3,(H,24,28). The van der Waals surface area contributed by atoms with Gasteiger partial charge >= 0.3 is 0 Å². The van der Waals surface area contributed by atoms with E-state index < -0.39 is 11.2 Å². The molecule has 4 rings (SSSR count). The summed E-state index contributed by atoms with van der Waals surface area (Å²) in [6.07, 6.45) is 1.67. The van der Waals surface area contributed by atoms with Crippen molar-refractivity contribution in [1.82, 2.24) is 20.4 Å². The lowest BCUT2D eigenvalue weighted by atomic mass is 9.97. The monoisotopic (exact) mass is 425 g/mol. The number of aryl methyl sites for hydroxylation is 1. The lowest BCUT2D eigenvalue weighted by Crippen LogP contribution is -2.62. The minimum absolute atomic E-state index is 0.0161. The van der Waals surface area contributed by atoms with Crippen molar-refractivity contribution in [2.45, 2.75) is 64.6 Å². The summed E-state index contributed by atoms with van der Waals surface area (Å²) in [5.74, 6) is 0.593. The quantitative estimate of drug-likeness (QED) is 0.762. The number of para-hydroxylation sites is 1. The number of carbonyl (C=O) groups is 3.